The molecule has 0 aliphatic heterocycles. The third-order valence-corrected chi connectivity index (χ3v) is 4.69. The largest absolute Gasteiger partial charge is 0.385 e. The van der Waals surface area contributed by atoms with Crippen molar-refractivity contribution in [2.45, 2.75) is 71.3 Å². The van der Waals surface area contributed by atoms with Crippen LogP contribution in [0.3, 0.4) is 0 Å². The molecular formula is C18H28O. The fraction of sp³-hybridized carbons (Fsp3) is 0.667. The Hall–Kier alpha value is -0.820. The van der Waals surface area contributed by atoms with Crippen molar-refractivity contribution in [3.63, 3.8) is 0 Å². The van der Waals surface area contributed by atoms with E-state index >= 15 is 0 Å². The van der Waals surface area contributed by atoms with Crippen LogP contribution < -0.4 is 0 Å². The first-order chi connectivity index (χ1) is 8.95. The van der Waals surface area contributed by atoms with Crippen molar-refractivity contribution in [2.24, 2.45) is 5.41 Å². The van der Waals surface area contributed by atoms with Gasteiger partial charge in [0.15, 0.2) is 0 Å². The molecule has 0 heterocycles. The van der Waals surface area contributed by atoms with E-state index in [0.717, 1.165) is 37.7 Å². The summed E-state index contributed by atoms with van der Waals surface area (Å²) in [6.45, 7) is 6.85. The maximum atomic E-state index is 11.0. The van der Waals surface area contributed by atoms with Crippen LogP contribution in [0.15, 0.2) is 24.3 Å². The first-order valence-electron chi connectivity index (χ1n) is 7.77. The van der Waals surface area contributed by atoms with Gasteiger partial charge in [-0.05, 0) is 55.1 Å². The first-order valence-corrected chi connectivity index (χ1v) is 7.77. The number of aryl methyl sites for hydroxylation is 1. The van der Waals surface area contributed by atoms with Crippen LogP contribution in [-0.2, 0) is 12.0 Å². The first kappa shape index (κ1) is 14.6. The van der Waals surface area contributed by atoms with Gasteiger partial charge >= 0.3 is 0 Å². The highest BCUT2D eigenvalue weighted by Crippen LogP contribution is 2.42. The van der Waals surface area contributed by atoms with Gasteiger partial charge in [0.2, 0.25) is 0 Å². The molecular weight excluding hydrogens is 232 g/mol. The molecule has 1 unspecified atom stereocenters. The zero-order valence-electron chi connectivity index (χ0n) is 12.7. The lowest BCUT2D eigenvalue weighted by Gasteiger charge is -2.28. The number of aliphatic hydroxyl groups is 1. The standard InChI is InChI=1S/C18H28O/c1-4-6-15-7-9-16(10-8-15)18(19)12-5-11-17(2,3)13-14-18/h7-10,19H,4-6,11-14H2,1-3H3. The van der Waals surface area contributed by atoms with Gasteiger partial charge in [0, 0.05) is 0 Å². The summed E-state index contributed by atoms with van der Waals surface area (Å²) in [4.78, 5) is 0. The summed E-state index contributed by atoms with van der Waals surface area (Å²) in [5.74, 6) is 0. The van der Waals surface area contributed by atoms with Crippen LogP contribution in [0.2, 0.25) is 0 Å². The van der Waals surface area contributed by atoms with E-state index in [9.17, 15) is 5.11 Å². The van der Waals surface area contributed by atoms with Crippen molar-refractivity contribution in [1.82, 2.24) is 0 Å². The molecule has 1 N–H and O–H groups in total. The van der Waals surface area contributed by atoms with Crippen LogP contribution in [0, 0.1) is 5.41 Å². The summed E-state index contributed by atoms with van der Waals surface area (Å²) >= 11 is 0. The molecule has 0 amide bonds. The van der Waals surface area contributed by atoms with Crippen molar-refractivity contribution >= 4 is 0 Å². The zero-order valence-corrected chi connectivity index (χ0v) is 12.7. The highest BCUT2D eigenvalue weighted by molar-refractivity contribution is 5.27. The smallest absolute Gasteiger partial charge is 0.0896 e. The Labute approximate surface area is 118 Å². The number of hydrogen-bond donors (Lipinski definition) is 1. The number of rotatable bonds is 3. The average molecular weight is 260 g/mol. The maximum Gasteiger partial charge on any atom is 0.0896 e. The molecule has 1 atom stereocenters. The van der Waals surface area contributed by atoms with Crippen molar-refractivity contribution in [2.75, 3.05) is 0 Å². The average Bonchev–Trinajstić information content (AvgIpc) is 2.51. The molecule has 1 fully saturated rings. The Morgan fingerprint density at radius 1 is 1.00 bits per heavy atom. The molecule has 1 heteroatoms. The Morgan fingerprint density at radius 2 is 1.68 bits per heavy atom. The molecule has 0 aromatic heterocycles. The molecule has 1 aliphatic carbocycles. The molecule has 1 nitrogen and oxygen atoms in total. The van der Waals surface area contributed by atoms with Gasteiger partial charge < -0.3 is 5.11 Å². The quantitative estimate of drug-likeness (QED) is 0.773. The molecule has 0 bridgehead atoms. The summed E-state index contributed by atoms with van der Waals surface area (Å²) in [7, 11) is 0. The van der Waals surface area contributed by atoms with E-state index in [1.165, 1.54) is 18.4 Å². The number of hydrogen-bond acceptors (Lipinski definition) is 1. The van der Waals surface area contributed by atoms with Gasteiger partial charge in [0.05, 0.1) is 5.60 Å². The summed E-state index contributed by atoms with van der Waals surface area (Å²) in [6, 6.07) is 8.66. The maximum absolute atomic E-state index is 11.0. The Kier molecular flexibility index (Phi) is 4.35. The molecule has 106 valence electrons. The Morgan fingerprint density at radius 3 is 2.32 bits per heavy atom. The molecule has 1 aliphatic rings. The topological polar surface area (TPSA) is 20.2 Å². The van der Waals surface area contributed by atoms with Gasteiger partial charge in [0.25, 0.3) is 0 Å². The predicted octanol–water partition coefficient (Wildman–Crippen LogP) is 4.82. The van der Waals surface area contributed by atoms with Gasteiger partial charge in [0.1, 0.15) is 0 Å². The minimum absolute atomic E-state index is 0.382. The molecule has 19 heavy (non-hydrogen) atoms. The fourth-order valence-electron chi connectivity index (χ4n) is 3.21. The molecule has 1 aromatic carbocycles. The lowest BCUT2D eigenvalue weighted by Crippen LogP contribution is -2.25. The molecule has 0 saturated heterocycles. The van der Waals surface area contributed by atoms with E-state index in [1.54, 1.807) is 0 Å². The lowest BCUT2D eigenvalue weighted by atomic mass is 9.82. The lowest BCUT2D eigenvalue weighted by molar-refractivity contribution is 0.0180. The second-order valence-electron chi connectivity index (χ2n) is 7.00. The highest BCUT2D eigenvalue weighted by atomic mass is 16.3. The molecule has 2 rings (SSSR count). The third kappa shape index (κ3) is 3.60. The minimum Gasteiger partial charge on any atom is -0.385 e. The van der Waals surface area contributed by atoms with E-state index in [2.05, 4.69) is 45.0 Å². The molecule has 1 aromatic rings. The fourth-order valence-corrected chi connectivity index (χ4v) is 3.21. The van der Waals surface area contributed by atoms with Gasteiger partial charge in [-0.25, -0.2) is 0 Å². The van der Waals surface area contributed by atoms with Crippen LogP contribution in [0.25, 0.3) is 0 Å². The van der Waals surface area contributed by atoms with Gasteiger partial charge in [-0.2, -0.15) is 0 Å². The van der Waals surface area contributed by atoms with Crippen molar-refractivity contribution in [3.05, 3.63) is 35.4 Å². The van der Waals surface area contributed by atoms with E-state index in [1.807, 2.05) is 0 Å². The van der Waals surface area contributed by atoms with Crippen molar-refractivity contribution in [1.29, 1.82) is 0 Å². The van der Waals surface area contributed by atoms with E-state index in [0.29, 0.717) is 5.41 Å². The molecule has 1 saturated carbocycles. The van der Waals surface area contributed by atoms with Crippen LogP contribution in [-0.4, -0.2) is 5.11 Å². The second kappa shape index (κ2) is 5.66. The van der Waals surface area contributed by atoms with Crippen LogP contribution in [0.4, 0.5) is 0 Å². The Bertz CT molecular complexity index is 404. The normalized spacial score (nSPS) is 26.9. The van der Waals surface area contributed by atoms with Crippen molar-refractivity contribution in [3.8, 4) is 0 Å². The van der Waals surface area contributed by atoms with Crippen LogP contribution >= 0.6 is 0 Å². The van der Waals surface area contributed by atoms with Gasteiger partial charge in [-0.3, -0.25) is 0 Å². The molecule has 0 radical (unpaired) electrons. The van der Waals surface area contributed by atoms with Crippen LogP contribution in [0.5, 0.6) is 0 Å². The third-order valence-electron chi connectivity index (χ3n) is 4.69. The number of benzene rings is 1. The zero-order chi connectivity index (χ0) is 13.9. The summed E-state index contributed by atoms with van der Waals surface area (Å²) in [5.41, 5.74) is 2.28. The second-order valence-corrected chi connectivity index (χ2v) is 7.00. The highest BCUT2D eigenvalue weighted by Gasteiger charge is 2.34. The monoisotopic (exact) mass is 260 g/mol. The summed E-state index contributed by atoms with van der Waals surface area (Å²) in [5, 5.41) is 11.0. The van der Waals surface area contributed by atoms with Gasteiger partial charge in [-0.1, -0.05) is 51.5 Å². The van der Waals surface area contributed by atoms with E-state index in [-0.39, 0.29) is 0 Å². The van der Waals surface area contributed by atoms with Crippen LogP contribution in [0.1, 0.15) is 70.4 Å². The molecule has 0 spiro atoms. The minimum atomic E-state index is -0.599. The Balaban J connectivity index is 2.14. The van der Waals surface area contributed by atoms with Gasteiger partial charge in [-0.15, -0.1) is 0 Å². The SMILES string of the molecule is CCCc1ccc(C2(O)CCCC(C)(C)CC2)cc1. The summed E-state index contributed by atoms with van der Waals surface area (Å²) in [6.07, 6.45) is 7.57. The van der Waals surface area contributed by atoms with Crippen molar-refractivity contribution < 1.29 is 5.11 Å². The van der Waals surface area contributed by atoms with E-state index < -0.39 is 5.60 Å². The predicted molar refractivity (Wildman–Crippen MR) is 81.2 cm³/mol. The van der Waals surface area contributed by atoms with E-state index in [4.69, 9.17) is 0 Å². The summed E-state index contributed by atoms with van der Waals surface area (Å²) < 4.78 is 0.